The van der Waals surface area contributed by atoms with Gasteiger partial charge in [0.15, 0.2) is 0 Å². The Hall–Kier alpha value is -3.31. The van der Waals surface area contributed by atoms with Crippen LogP contribution in [0.5, 0.6) is 0 Å². The molecule has 2 aromatic rings. The van der Waals surface area contributed by atoms with E-state index in [9.17, 15) is 22.8 Å². The van der Waals surface area contributed by atoms with Crippen LogP contribution in [0.1, 0.15) is 53.0 Å². The molecule has 11 heteroatoms. The van der Waals surface area contributed by atoms with Crippen molar-refractivity contribution in [2.45, 2.75) is 37.0 Å². The topological polar surface area (TPSA) is 144 Å². The highest BCUT2D eigenvalue weighted by atomic mass is 32.2. The van der Waals surface area contributed by atoms with E-state index >= 15 is 0 Å². The molecule has 1 saturated carbocycles. The van der Waals surface area contributed by atoms with Crippen molar-refractivity contribution in [2.75, 3.05) is 25.6 Å². The van der Waals surface area contributed by atoms with Gasteiger partial charge in [0.05, 0.1) is 17.1 Å². The van der Waals surface area contributed by atoms with Crippen molar-refractivity contribution in [3.05, 3.63) is 53.9 Å². The maximum absolute atomic E-state index is 12.6. The molecule has 1 aromatic carbocycles. The van der Waals surface area contributed by atoms with Crippen molar-refractivity contribution in [3.63, 3.8) is 0 Å². The molecule has 1 aromatic heterocycles. The zero-order chi connectivity index (χ0) is 24.6. The second-order valence-electron chi connectivity index (χ2n) is 7.96. The smallest absolute Gasteiger partial charge is 0.269 e. The maximum Gasteiger partial charge on any atom is 0.269 e. The number of benzene rings is 1. The van der Waals surface area contributed by atoms with E-state index in [4.69, 9.17) is 4.74 Å². The molecule has 1 aliphatic rings. The van der Waals surface area contributed by atoms with Gasteiger partial charge >= 0.3 is 0 Å². The molecule has 0 saturated heterocycles. The predicted octanol–water partition coefficient (Wildman–Crippen LogP) is 2.10. The van der Waals surface area contributed by atoms with Crippen molar-refractivity contribution in [1.82, 2.24) is 15.0 Å². The number of nitrogens with zero attached hydrogens (tertiary/aromatic N) is 1. The van der Waals surface area contributed by atoms with E-state index in [-0.39, 0.29) is 28.0 Å². The third-order valence-corrected chi connectivity index (χ3v) is 6.83. The van der Waals surface area contributed by atoms with E-state index in [0.29, 0.717) is 18.8 Å². The minimum absolute atomic E-state index is 0.0200. The fourth-order valence-electron chi connectivity index (χ4n) is 3.59. The Morgan fingerprint density at radius 3 is 2.32 bits per heavy atom. The number of sulfonamides is 1. The summed E-state index contributed by atoms with van der Waals surface area (Å²) in [4.78, 5) is 40.5. The first kappa shape index (κ1) is 25.3. The maximum atomic E-state index is 12.6. The number of methoxy groups -OCH3 is 1. The summed E-state index contributed by atoms with van der Waals surface area (Å²) in [6.07, 6.45) is 6.06. The van der Waals surface area contributed by atoms with Crippen LogP contribution in [0.4, 0.5) is 5.69 Å². The van der Waals surface area contributed by atoms with E-state index in [1.807, 2.05) is 4.72 Å². The molecular weight excluding hydrogens is 460 g/mol. The summed E-state index contributed by atoms with van der Waals surface area (Å²) in [7, 11) is -2.64. The van der Waals surface area contributed by atoms with Crippen LogP contribution in [0.25, 0.3) is 0 Å². The van der Waals surface area contributed by atoms with Crippen molar-refractivity contribution < 1.29 is 27.5 Å². The van der Waals surface area contributed by atoms with Gasteiger partial charge in [0, 0.05) is 31.5 Å². The van der Waals surface area contributed by atoms with Crippen LogP contribution in [0, 0.1) is 5.92 Å². The minimum atomic E-state index is -4.15. The van der Waals surface area contributed by atoms with Gasteiger partial charge in [-0.05, 0) is 49.2 Å². The van der Waals surface area contributed by atoms with Crippen LogP contribution in [0.15, 0.2) is 47.5 Å². The number of hydrogen-bond acceptors (Lipinski definition) is 7. The average molecular weight is 489 g/mol. The summed E-state index contributed by atoms with van der Waals surface area (Å²) in [5, 5.41) is 5.41. The molecule has 1 heterocycles. The Bertz CT molecular complexity index is 1110. The summed E-state index contributed by atoms with van der Waals surface area (Å²) >= 11 is 0. The third kappa shape index (κ3) is 6.84. The number of nitrogens with one attached hydrogen (secondary N) is 3. The number of hydrogen-bond donors (Lipinski definition) is 3. The van der Waals surface area contributed by atoms with Gasteiger partial charge in [-0.25, -0.2) is 13.1 Å². The Kier molecular flexibility index (Phi) is 8.72. The molecule has 182 valence electrons. The van der Waals surface area contributed by atoms with Crippen LogP contribution in [0.2, 0.25) is 0 Å². The molecule has 0 unspecified atom stereocenters. The molecule has 10 nitrogen and oxygen atoms in total. The Morgan fingerprint density at radius 1 is 1.00 bits per heavy atom. The van der Waals surface area contributed by atoms with Gasteiger partial charge < -0.3 is 15.4 Å². The zero-order valence-corrected chi connectivity index (χ0v) is 19.7. The molecule has 0 radical (unpaired) electrons. The molecule has 1 aliphatic carbocycles. The highest BCUT2D eigenvalue weighted by molar-refractivity contribution is 7.90. The monoisotopic (exact) mass is 488 g/mol. The lowest BCUT2D eigenvalue weighted by Gasteiger charge is -2.20. The van der Waals surface area contributed by atoms with E-state index in [1.165, 1.54) is 43.5 Å². The van der Waals surface area contributed by atoms with Crippen LogP contribution in [-0.4, -0.2) is 51.4 Å². The van der Waals surface area contributed by atoms with Crippen molar-refractivity contribution in [2.24, 2.45) is 5.92 Å². The minimum Gasteiger partial charge on any atom is -0.383 e. The molecule has 3 rings (SSSR count). The van der Waals surface area contributed by atoms with Crippen LogP contribution >= 0.6 is 0 Å². The normalized spacial score (nSPS) is 14.3. The second kappa shape index (κ2) is 11.7. The highest BCUT2D eigenvalue weighted by Gasteiger charge is 2.22. The summed E-state index contributed by atoms with van der Waals surface area (Å²) in [6, 6.07) is 8.24. The predicted molar refractivity (Wildman–Crippen MR) is 125 cm³/mol. The molecule has 0 spiro atoms. The summed E-state index contributed by atoms with van der Waals surface area (Å²) in [5.74, 6) is -1.40. The average Bonchev–Trinajstić information content (AvgIpc) is 2.85. The summed E-state index contributed by atoms with van der Waals surface area (Å²) in [6.45, 7) is 0.651. The van der Waals surface area contributed by atoms with Crippen molar-refractivity contribution in [3.8, 4) is 0 Å². The largest absolute Gasteiger partial charge is 0.383 e. The second-order valence-corrected chi connectivity index (χ2v) is 9.65. The van der Waals surface area contributed by atoms with Gasteiger partial charge in [-0.15, -0.1) is 0 Å². The fraction of sp³-hybridized carbons (Fsp3) is 0.391. The number of carbonyl (C=O) groups excluding carboxylic acids is 3. The SMILES string of the molecule is COCCNC(=O)c1ccc(C(=O)NS(=O)(=O)c2ccc(NC(=O)C3CCCCC3)cc2)cn1. The summed E-state index contributed by atoms with van der Waals surface area (Å²) in [5.41, 5.74) is 0.555. The van der Waals surface area contributed by atoms with Crippen molar-refractivity contribution >= 4 is 33.4 Å². The number of anilines is 1. The third-order valence-electron chi connectivity index (χ3n) is 5.49. The molecule has 0 atom stereocenters. The molecule has 0 bridgehead atoms. The first-order valence-electron chi connectivity index (χ1n) is 11.0. The molecule has 3 N–H and O–H groups in total. The molecular formula is C23H28N4O6S. The lowest BCUT2D eigenvalue weighted by Crippen LogP contribution is -2.31. The van der Waals surface area contributed by atoms with Crippen molar-refractivity contribution in [1.29, 1.82) is 0 Å². The lowest BCUT2D eigenvalue weighted by molar-refractivity contribution is -0.120. The van der Waals surface area contributed by atoms with E-state index < -0.39 is 21.8 Å². The Labute approximate surface area is 198 Å². The Morgan fingerprint density at radius 2 is 1.71 bits per heavy atom. The highest BCUT2D eigenvalue weighted by Crippen LogP contribution is 2.25. The number of amides is 3. The Balaban J connectivity index is 1.58. The van der Waals surface area contributed by atoms with Gasteiger partial charge in [-0.2, -0.15) is 0 Å². The van der Waals surface area contributed by atoms with Gasteiger partial charge in [0.1, 0.15) is 5.69 Å². The molecule has 3 amide bonds. The van der Waals surface area contributed by atoms with E-state index in [0.717, 1.165) is 38.3 Å². The fourth-order valence-corrected chi connectivity index (χ4v) is 4.56. The first-order valence-corrected chi connectivity index (χ1v) is 12.5. The number of ether oxygens (including phenoxy) is 1. The van der Waals surface area contributed by atoms with E-state index in [2.05, 4.69) is 15.6 Å². The standard InChI is InChI=1S/C23H28N4O6S/c1-33-14-13-24-23(30)20-12-7-17(15-25-20)22(29)27-34(31,32)19-10-8-18(9-11-19)26-21(28)16-5-3-2-4-6-16/h7-12,15-16H,2-6,13-14H2,1H3,(H,24,30)(H,26,28)(H,27,29). The number of carbonyl (C=O) groups is 3. The number of rotatable bonds is 9. The van der Waals surface area contributed by atoms with Gasteiger partial charge in [-0.3, -0.25) is 19.4 Å². The number of aromatic nitrogens is 1. The molecule has 34 heavy (non-hydrogen) atoms. The molecule has 0 aliphatic heterocycles. The molecule has 1 fully saturated rings. The van der Waals surface area contributed by atoms with Gasteiger partial charge in [0.2, 0.25) is 5.91 Å². The summed E-state index contributed by atoms with van der Waals surface area (Å²) < 4.78 is 32.0. The van der Waals surface area contributed by atoms with Crippen LogP contribution in [0.3, 0.4) is 0 Å². The quantitative estimate of drug-likeness (QED) is 0.459. The van der Waals surface area contributed by atoms with Gasteiger partial charge in [0.25, 0.3) is 21.8 Å². The van der Waals surface area contributed by atoms with Crippen LogP contribution in [-0.2, 0) is 19.6 Å². The lowest BCUT2D eigenvalue weighted by atomic mass is 9.88. The number of pyridine rings is 1. The first-order chi connectivity index (χ1) is 16.3. The van der Waals surface area contributed by atoms with Crippen LogP contribution < -0.4 is 15.4 Å². The van der Waals surface area contributed by atoms with E-state index in [1.54, 1.807) is 0 Å². The zero-order valence-electron chi connectivity index (χ0n) is 18.9. The van der Waals surface area contributed by atoms with Gasteiger partial charge in [-0.1, -0.05) is 19.3 Å².